The third-order valence-corrected chi connectivity index (χ3v) is 6.86. The smallest absolute Gasteiger partial charge is 0.319 e. The van der Waals surface area contributed by atoms with Crippen molar-refractivity contribution in [3.8, 4) is 0 Å². The van der Waals surface area contributed by atoms with Crippen molar-refractivity contribution in [3.05, 3.63) is 59.4 Å². The molecule has 2 aliphatic rings. The molecule has 0 saturated heterocycles. The molecule has 33 heavy (non-hydrogen) atoms. The summed E-state index contributed by atoms with van der Waals surface area (Å²) in [7, 11) is 1.52. The second-order valence-electron chi connectivity index (χ2n) is 10.3. The molecular weight excluding hydrogens is 416 g/mol. The highest BCUT2D eigenvalue weighted by molar-refractivity contribution is 5.95. The van der Waals surface area contributed by atoms with E-state index in [0.29, 0.717) is 17.9 Å². The first-order chi connectivity index (χ1) is 15.6. The molecule has 0 heterocycles. The topological polar surface area (TPSA) is 78.9 Å². The van der Waals surface area contributed by atoms with Crippen LogP contribution in [0.4, 0.5) is 4.79 Å². The normalized spacial score (nSPS) is 23.9. The van der Waals surface area contributed by atoms with Gasteiger partial charge in [0.2, 0.25) is 0 Å². The number of methoxy groups -OCH3 is 1. The fraction of sp³-hybridized carbons (Fsp3) is 0.556. The van der Waals surface area contributed by atoms with Crippen molar-refractivity contribution >= 4 is 11.8 Å². The molecule has 180 valence electrons. The Hall–Kier alpha value is -2.60. The van der Waals surface area contributed by atoms with Crippen LogP contribution in [0.2, 0.25) is 0 Å². The molecule has 1 fully saturated rings. The maximum absolute atomic E-state index is 13.8. The molecule has 2 N–H and O–H groups in total. The second kappa shape index (κ2) is 10.1. The molecule has 2 aliphatic carbocycles. The van der Waals surface area contributed by atoms with E-state index in [1.807, 2.05) is 56.0 Å². The van der Waals surface area contributed by atoms with E-state index in [1.54, 1.807) is 12.2 Å². The van der Waals surface area contributed by atoms with Gasteiger partial charge in [0.1, 0.15) is 11.9 Å². The number of Topliss-reactive ketones (excluding diaryl/α,β-unsaturated/α-hetero) is 1. The number of benzene rings is 1. The highest BCUT2D eigenvalue weighted by Crippen LogP contribution is 2.38. The Bertz CT molecular complexity index is 910. The van der Waals surface area contributed by atoms with Crippen LogP contribution in [0.25, 0.3) is 0 Å². The third kappa shape index (κ3) is 5.49. The quantitative estimate of drug-likeness (QED) is 0.651. The average molecular weight is 455 g/mol. The number of nitrogens with one attached hydrogen (secondary N) is 1. The molecule has 0 aliphatic heterocycles. The van der Waals surface area contributed by atoms with Crippen LogP contribution in [0.5, 0.6) is 0 Å². The number of rotatable bonds is 6. The summed E-state index contributed by atoms with van der Waals surface area (Å²) in [6.45, 7) is 7.76. The number of aliphatic hydroxyl groups excluding tert-OH is 1. The van der Waals surface area contributed by atoms with Crippen LogP contribution in [0.15, 0.2) is 53.8 Å². The summed E-state index contributed by atoms with van der Waals surface area (Å²) in [6.07, 6.45) is 7.32. The first kappa shape index (κ1) is 25.0. The summed E-state index contributed by atoms with van der Waals surface area (Å²) >= 11 is 0. The number of allylic oxidation sites excluding steroid dienone is 1. The van der Waals surface area contributed by atoms with Gasteiger partial charge in [0.15, 0.2) is 11.3 Å². The van der Waals surface area contributed by atoms with Crippen molar-refractivity contribution in [2.75, 3.05) is 7.11 Å². The lowest BCUT2D eigenvalue weighted by atomic mass is 9.71. The zero-order valence-corrected chi connectivity index (χ0v) is 20.6. The van der Waals surface area contributed by atoms with Gasteiger partial charge in [-0.2, -0.15) is 0 Å². The Morgan fingerprint density at radius 3 is 2.33 bits per heavy atom. The summed E-state index contributed by atoms with van der Waals surface area (Å²) in [5.74, 6) is 0.115. The summed E-state index contributed by atoms with van der Waals surface area (Å²) in [5, 5.41) is 14.4. The molecule has 1 saturated carbocycles. The summed E-state index contributed by atoms with van der Waals surface area (Å²) in [6, 6.07) is 9.62. The first-order valence-electron chi connectivity index (χ1n) is 11.9. The van der Waals surface area contributed by atoms with Gasteiger partial charge >= 0.3 is 6.03 Å². The second-order valence-corrected chi connectivity index (χ2v) is 10.3. The van der Waals surface area contributed by atoms with E-state index in [-0.39, 0.29) is 17.9 Å². The molecule has 2 atom stereocenters. The van der Waals surface area contributed by atoms with Crippen LogP contribution in [0.1, 0.15) is 65.4 Å². The molecule has 0 spiro atoms. The van der Waals surface area contributed by atoms with Gasteiger partial charge < -0.3 is 20.1 Å². The molecular formula is C27H38N2O4. The van der Waals surface area contributed by atoms with Crippen molar-refractivity contribution in [2.45, 2.75) is 84.0 Å². The van der Waals surface area contributed by atoms with Gasteiger partial charge in [-0.15, -0.1) is 0 Å². The number of ketones is 1. The number of carbonyl (C=O) groups is 2. The molecule has 3 rings (SSSR count). The van der Waals surface area contributed by atoms with E-state index in [4.69, 9.17) is 4.74 Å². The van der Waals surface area contributed by atoms with Crippen LogP contribution >= 0.6 is 0 Å². The molecule has 0 radical (unpaired) electrons. The minimum atomic E-state index is -1.59. The van der Waals surface area contributed by atoms with Crippen molar-refractivity contribution in [1.29, 1.82) is 0 Å². The molecule has 1 aromatic rings. The number of aliphatic hydroxyl groups is 1. The number of hydrogen-bond acceptors (Lipinski definition) is 4. The van der Waals surface area contributed by atoms with E-state index in [9.17, 15) is 14.7 Å². The Labute approximate surface area is 197 Å². The highest BCUT2D eigenvalue weighted by Gasteiger charge is 2.49. The standard InChI is InChI=1S/C27H38N2O4/c1-19(30)27(17-22(33-5)16-23(24(27)31)26(2,3)4)28-25(32)29(21-14-10-7-11-15-21)18-20-12-8-6-9-13-20/h6,8-9,12-13,16-17,21,24,31H,7,10-11,14-15,18H2,1-5H3,(H,28,32). The third-order valence-electron chi connectivity index (χ3n) is 6.86. The van der Waals surface area contributed by atoms with Gasteiger partial charge in [0, 0.05) is 12.6 Å². The molecule has 1 aromatic carbocycles. The van der Waals surface area contributed by atoms with Crippen molar-refractivity contribution in [1.82, 2.24) is 10.2 Å². The molecule has 2 amide bonds. The molecule has 2 unspecified atom stereocenters. The number of carbonyl (C=O) groups excluding carboxylic acids is 2. The van der Waals surface area contributed by atoms with Crippen LogP contribution < -0.4 is 5.32 Å². The van der Waals surface area contributed by atoms with E-state index in [1.165, 1.54) is 20.5 Å². The molecule has 6 nitrogen and oxygen atoms in total. The summed E-state index contributed by atoms with van der Waals surface area (Å²) in [4.78, 5) is 28.7. The van der Waals surface area contributed by atoms with Gasteiger partial charge in [0.05, 0.1) is 7.11 Å². The van der Waals surface area contributed by atoms with Gasteiger partial charge in [-0.1, -0.05) is 70.4 Å². The van der Waals surface area contributed by atoms with Crippen molar-refractivity contribution < 1.29 is 19.4 Å². The number of urea groups is 1. The maximum Gasteiger partial charge on any atom is 0.319 e. The molecule has 6 heteroatoms. The van der Waals surface area contributed by atoms with Crippen LogP contribution in [-0.2, 0) is 16.1 Å². The maximum atomic E-state index is 13.8. The molecule has 0 aromatic heterocycles. The van der Waals surface area contributed by atoms with Gasteiger partial charge in [-0.3, -0.25) is 4.79 Å². The lowest BCUT2D eigenvalue weighted by Crippen LogP contribution is -2.65. The number of ether oxygens (including phenoxy) is 1. The van der Waals surface area contributed by atoms with E-state index in [2.05, 4.69) is 5.32 Å². The van der Waals surface area contributed by atoms with Crippen LogP contribution in [-0.4, -0.2) is 46.6 Å². The predicted octanol–water partition coefficient (Wildman–Crippen LogP) is 4.74. The summed E-state index contributed by atoms with van der Waals surface area (Å²) in [5.41, 5.74) is -0.341. The lowest BCUT2D eigenvalue weighted by Gasteiger charge is -2.44. The Kier molecular flexibility index (Phi) is 7.68. The van der Waals surface area contributed by atoms with Gasteiger partial charge in [-0.05, 0) is 48.5 Å². The average Bonchev–Trinajstić information content (AvgIpc) is 2.79. The van der Waals surface area contributed by atoms with Gasteiger partial charge in [-0.25, -0.2) is 4.79 Å². The highest BCUT2D eigenvalue weighted by atomic mass is 16.5. The van der Waals surface area contributed by atoms with Gasteiger partial charge in [0.25, 0.3) is 0 Å². The first-order valence-corrected chi connectivity index (χ1v) is 11.9. The molecule has 0 bridgehead atoms. The lowest BCUT2D eigenvalue weighted by molar-refractivity contribution is -0.124. The number of amides is 2. The monoisotopic (exact) mass is 454 g/mol. The Morgan fingerprint density at radius 2 is 1.79 bits per heavy atom. The SMILES string of the molecule is COC1=CC(NC(=O)N(Cc2ccccc2)C2CCCCC2)(C(C)=O)C(O)C(C(C)(C)C)=C1. The van der Waals surface area contributed by atoms with Crippen molar-refractivity contribution in [2.24, 2.45) is 5.41 Å². The zero-order chi connectivity index (χ0) is 24.2. The van der Waals surface area contributed by atoms with E-state index >= 15 is 0 Å². The largest absolute Gasteiger partial charge is 0.497 e. The predicted molar refractivity (Wildman–Crippen MR) is 129 cm³/mol. The Morgan fingerprint density at radius 1 is 1.15 bits per heavy atom. The minimum absolute atomic E-state index is 0.0900. The fourth-order valence-electron chi connectivity index (χ4n) is 4.84. The minimum Gasteiger partial charge on any atom is -0.497 e. The summed E-state index contributed by atoms with van der Waals surface area (Å²) < 4.78 is 5.48. The van der Waals surface area contributed by atoms with Crippen molar-refractivity contribution in [3.63, 3.8) is 0 Å². The van der Waals surface area contributed by atoms with Crippen LogP contribution in [0.3, 0.4) is 0 Å². The number of hydrogen-bond donors (Lipinski definition) is 2. The number of nitrogens with zero attached hydrogens (tertiary/aromatic N) is 1. The fourth-order valence-corrected chi connectivity index (χ4v) is 4.84. The van der Waals surface area contributed by atoms with E-state index < -0.39 is 17.1 Å². The zero-order valence-electron chi connectivity index (χ0n) is 20.6. The Balaban J connectivity index is 1.97. The van der Waals surface area contributed by atoms with Crippen LogP contribution in [0, 0.1) is 5.41 Å². The van der Waals surface area contributed by atoms with E-state index in [0.717, 1.165) is 31.2 Å².